The summed E-state index contributed by atoms with van der Waals surface area (Å²) in [6, 6.07) is 6.23. The van der Waals surface area contributed by atoms with E-state index in [0.717, 1.165) is 25.3 Å². The highest BCUT2D eigenvalue weighted by atomic mass is 19.1. The van der Waals surface area contributed by atoms with Crippen LogP contribution in [0.3, 0.4) is 0 Å². The molecule has 0 radical (unpaired) electrons. The summed E-state index contributed by atoms with van der Waals surface area (Å²) in [5, 5.41) is 12.1. The number of nitrogens with zero attached hydrogens (tertiary/aromatic N) is 1. The van der Waals surface area contributed by atoms with Crippen LogP contribution in [0.5, 0.6) is 5.75 Å². The fourth-order valence-electron chi connectivity index (χ4n) is 2.52. The maximum absolute atomic E-state index is 13.6. The molecular weight excluding hydrogens is 259 g/mol. The van der Waals surface area contributed by atoms with E-state index in [4.69, 9.17) is 4.74 Å². The summed E-state index contributed by atoms with van der Waals surface area (Å²) < 4.78 is 18.4. The van der Waals surface area contributed by atoms with Gasteiger partial charge >= 0.3 is 0 Å². The summed E-state index contributed by atoms with van der Waals surface area (Å²) in [5.74, 6) is -0.918. The Morgan fingerprint density at radius 3 is 2.65 bits per heavy atom. The lowest BCUT2D eigenvalue weighted by Gasteiger charge is -2.31. The Morgan fingerprint density at radius 1 is 1.40 bits per heavy atom. The number of nitrogens with one attached hydrogen (secondary N) is 1. The Kier molecular flexibility index (Phi) is 4.23. The molecular formula is C15H17FN2O2. The van der Waals surface area contributed by atoms with Crippen LogP contribution in [0, 0.1) is 17.1 Å². The number of carbonyl (C=O) groups is 1. The van der Waals surface area contributed by atoms with Gasteiger partial charge in [0.2, 0.25) is 0 Å². The van der Waals surface area contributed by atoms with Crippen molar-refractivity contribution >= 4 is 5.91 Å². The standard InChI is InChI=1S/C15H17FN2O2/c1-20-13-6-5-11(9-12(13)16)14(19)18-15(10-17)7-3-2-4-8-15/h5-6,9H,2-4,7-8H2,1H3,(H,18,19). The molecule has 0 aliphatic heterocycles. The average Bonchev–Trinajstić information content (AvgIpc) is 2.48. The van der Waals surface area contributed by atoms with E-state index in [0.29, 0.717) is 12.8 Å². The molecule has 20 heavy (non-hydrogen) atoms. The van der Waals surface area contributed by atoms with Crippen LogP contribution >= 0.6 is 0 Å². The van der Waals surface area contributed by atoms with E-state index in [9.17, 15) is 14.4 Å². The van der Waals surface area contributed by atoms with Gasteiger partial charge in [0.15, 0.2) is 11.6 Å². The number of amides is 1. The molecule has 0 atom stereocenters. The Labute approximate surface area is 117 Å². The van der Waals surface area contributed by atoms with Gasteiger partial charge in [-0.1, -0.05) is 19.3 Å². The molecule has 0 heterocycles. The number of nitriles is 1. The predicted octanol–water partition coefficient (Wildman–Crippen LogP) is 2.79. The summed E-state index contributed by atoms with van der Waals surface area (Å²) in [7, 11) is 1.37. The van der Waals surface area contributed by atoms with E-state index >= 15 is 0 Å². The van der Waals surface area contributed by atoms with Crippen LogP contribution in [0.15, 0.2) is 18.2 Å². The lowest BCUT2D eigenvalue weighted by Crippen LogP contribution is -2.48. The maximum atomic E-state index is 13.6. The molecule has 1 amide bonds. The van der Waals surface area contributed by atoms with E-state index in [-0.39, 0.29) is 11.3 Å². The lowest BCUT2D eigenvalue weighted by molar-refractivity contribution is 0.0902. The third-order valence-corrected chi connectivity index (χ3v) is 3.69. The van der Waals surface area contributed by atoms with Gasteiger partial charge in [-0.2, -0.15) is 5.26 Å². The highest BCUT2D eigenvalue weighted by Gasteiger charge is 2.33. The maximum Gasteiger partial charge on any atom is 0.252 e. The molecule has 0 bridgehead atoms. The first kappa shape index (κ1) is 14.3. The van der Waals surface area contributed by atoms with Crippen LogP contribution in [-0.4, -0.2) is 18.6 Å². The topological polar surface area (TPSA) is 62.1 Å². The molecule has 5 heteroatoms. The van der Waals surface area contributed by atoms with E-state index in [1.165, 1.54) is 19.2 Å². The van der Waals surface area contributed by atoms with Gasteiger partial charge in [-0.3, -0.25) is 4.79 Å². The highest BCUT2D eigenvalue weighted by molar-refractivity contribution is 5.95. The second-order valence-electron chi connectivity index (χ2n) is 5.06. The number of hydrogen-bond acceptors (Lipinski definition) is 3. The molecule has 1 aliphatic carbocycles. The smallest absolute Gasteiger partial charge is 0.252 e. The van der Waals surface area contributed by atoms with E-state index in [2.05, 4.69) is 11.4 Å². The molecule has 1 aromatic carbocycles. The number of halogens is 1. The number of benzene rings is 1. The monoisotopic (exact) mass is 276 g/mol. The number of rotatable bonds is 3. The van der Waals surface area contributed by atoms with Crippen LogP contribution in [0.1, 0.15) is 42.5 Å². The van der Waals surface area contributed by atoms with Crippen LogP contribution in [-0.2, 0) is 0 Å². The van der Waals surface area contributed by atoms with Gasteiger partial charge in [0.1, 0.15) is 5.54 Å². The van der Waals surface area contributed by atoms with Gasteiger partial charge in [0.25, 0.3) is 5.91 Å². The first-order valence-electron chi connectivity index (χ1n) is 6.67. The van der Waals surface area contributed by atoms with Crippen molar-refractivity contribution in [1.29, 1.82) is 5.26 Å². The second kappa shape index (κ2) is 5.91. The van der Waals surface area contributed by atoms with Crippen molar-refractivity contribution in [3.05, 3.63) is 29.6 Å². The summed E-state index contributed by atoms with van der Waals surface area (Å²) in [4.78, 5) is 12.2. The Balaban J connectivity index is 2.15. The van der Waals surface area contributed by atoms with E-state index < -0.39 is 17.3 Å². The molecule has 1 N–H and O–H groups in total. The molecule has 2 rings (SSSR count). The minimum absolute atomic E-state index is 0.0919. The molecule has 0 saturated heterocycles. The molecule has 1 saturated carbocycles. The second-order valence-corrected chi connectivity index (χ2v) is 5.06. The Hall–Kier alpha value is -2.09. The number of hydrogen-bond donors (Lipinski definition) is 1. The van der Waals surface area contributed by atoms with Crippen molar-refractivity contribution in [2.45, 2.75) is 37.6 Å². The van der Waals surface area contributed by atoms with Crippen molar-refractivity contribution in [2.24, 2.45) is 0 Å². The summed E-state index contributed by atoms with van der Waals surface area (Å²) in [5.41, 5.74) is -0.616. The molecule has 0 unspecified atom stereocenters. The fourth-order valence-corrected chi connectivity index (χ4v) is 2.52. The summed E-state index contributed by atoms with van der Waals surface area (Å²) in [6.45, 7) is 0. The van der Waals surface area contributed by atoms with E-state index in [1.807, 2.05) is 0 Å². The first-order chi connectivity index (χ1) is 9.60. The molecule has 4 nitrogen and oxygen atoms in total. The quantitative estimate of drug-likeness (QED) is 0.923. The Bertz CT molecular complexity index is 545. The predicted molar refractivity (Wildman–Crippen MR) is 71.8 cm³/mol. The van der Waals surface area contributed by atoms with Crippen molar-refractivity contribution in [3.63, 3.8) is 0 Å². The molecule has 1 aromatic rings. The zero-order chi connectivity index (χ0) is 14.6. The van der Waals surface area contributed by atoms with Crippen LogP contribution in [0.4, 0.5) is 4.39 Å². The molecule has 1 aliphatic rings. The molecule has 106 valence electrons. The molecule has 0 spiro atoms. The fraction of sp³-hybridized carbons (Fsp3) is 0.467. The van der Waals surface area contributed by atoms with Crippen LogP contribution in [0.25, 0.3) is 0 Å². The normalized spacial score (nSPS) is 17.1. The van der Waals surface area contributed by atoms with Gasteiger partial charge in [-0.25, -0.2) is 4.39 Å². The third kappa shape index (κ3) is 2.90. The third-order valence-electron chi connectivity index (χ3n) is 3.69. The summed E-state index contributed by atoms with van der Waals surface area (Å²) >= 11 is 0. The Morgan fingerprint density at radius 2 is 2.10 bits per heavy atom. The van der Waals surface area contributed by atoms with Crippen molar-refractivity contribution in [2.75, 3.05) is 7.11 Å². The minimum Gasteiger partial charge on any atom is -0.494 e. The van der Waals surface area contributed by atoms with Gasteiger partial charge in [0.05, 0.1) is 13.2 Å². The lowest BCUT2D eigenvalue weighted by atomic mass is 9.82. The zero-order valence-corrected chi connectivity index (χ0v) is 11.4. The van der Waals surface area contributed by atoms with Crippen molar-refractivity contribution < 1.29 is 13.9 Å². The van der Waals surface area contributed by atoms with Crippen molar-refractivity contribution in [1.82, 2.24) is 5.32 Å². The molecule has 0 aromatic heterocycles. The first-order valence-corrected chi connectivity index (χ1v) is 6.67. The van der Waals surface area contributed by atoms with Gasteiger partial charge in [-0.05, 0) is 31.0 Å². The number of carbonyl (C=O) groups excluding carboxylic acids is 1. The van der Waals surface area contributed by atoms with Gasteiger partial charge in [0, 0.05) is 5.56 Å². The zero-order valence-electron chi connectivity index (χ0n) is 11.4. The largest absolute Gasteiger partial charge is 0.494 e. The highest BCUT2D eigenvalue weighted by Crippen LogP contribution is 2.28. The summed E-state index contributed by atoms with van der Waals surface area (Å²) in [6.07, 6.45) is 4.22. The number of methoxy groups -OCH3 is 1. The van der Waals surface area contributed by atoms with Crippen LogP contribution in [0.2, 0.25) is 0 Å². The van der Waals surface area contributed by atoms with Crippen molar-refractivity contribution in [3.8, 4) is 11.8 Å². The average molecular weight is 276 g/mol. The van der Waals surface area contributed by atoms with Gasteiger partial charge in [-0.15, -0.1) is 0 Å². The molecule has 1 fully saturated rings. The van der Waals surface area contributed by atoms with E-state index in [1.54, 1.807) is 0 Å². The number of ether oxygens (including phenoxy) is 1. The SMILES string of the molecule is COc1ccc(C(=O)NC2(C#N)CCCCC2)cc1F. The van der Waals surface area contributed by atoms with Gasteiger partial charge < -0.3 is 10.1 Å². The van der Waals surface area contributed by atoms with Crippen LogP contribution < -0.4 is 10.1 Å². The minimum atomic E-state index is -0.814.